The number of carbonyl (C=O) groups is 1. The van der Waals surface area contributed by atoms with Crippen molar-refractivity contribution < 1.29 is 9.53 Å². The lowest BCUT2D eigenvalue weighted by Gasteiger charge is -2.15. The third-order valence-electron chi connectivity index (χ3n) is 4.56. The van der Waals surface area contributed by atoms with Crippen molar-refractivity contribution >= 4 is 11.9 Å². The number of hydrogen-bond donors (Lipinski definition) is 2. The Labute approximate surface area is 174 Å². The Kier molecular flexibility index (Phi) is 8.52. The Bertz CT molecular complexity index is 826. The number of ether oxygens (including phenoxy) is 1. The zero-order valence-corrected chi connectivity index (χ0v) is 18.1. The van der Waals surface area contributed by atoms with Gasteiger partial charge in [-0.3, -0.25) is 9.79 Å². The average Bonchev–Trinajstić information content (AvgIpc) is 2.71. The Balaban J connectivity index is 1.75. The molecule has 0 spiro atoms. The van der Waals surface area contributed by atoms with Crippen molar-refractivity contribution in [1.29, 1.82) is 0 Å². The van der Waals surface area contributed by atoms with Gasteiger partial charge in [-0.2, -0.15) is 0 Å². The van der Waals surface area contributed by atoms with E-state index >= 15 is 0 Å². The number of amides is 1. The predicted molar refractivity (Wildman–Crippen MR) is 119 cm³/mol. The number of hydrogen-bond acceptors (Lipinski definition) is 3. The number of aliphatic imine (C=N–C) groups is 1. The van der Waals surface area contributed by atoms with Crippen LogP contribution in [0, 0.1) is 13.8 Å². The van der Waals surface area contributed by atoms with Gasteiger partial charge in [0.05, 0.1) is 6.54 Å². The summed E-state index contributed by atoms with van der Waals surface area (Å²) in [5.41, 5.74) is 4.10. The summed E-state index contributed by atoms with van der Waals surface area (Å²) in [4.78, 5) is 17.9. The van der Waals surface area contributed by atoms with Gasteiger partial charge in [0.1, 0.15) is 12.4 Å². The first-order valence-corrected chi connectivity index (χ1v) is 9.86. The minimum atomic E-state index is 0.0150. The molecule has 2 N–H and O–H groups in total. The molecule has 156 valence electrons. The summed E-state index contributed by atoms with van der Waals surface area (Å²) in [5.74, 6) is 1.70. The molecule has 0 fully saturated rings. The third kappa shape index (κ3) is 6.82. The van der Waals surface area contributed by atoms with Gasteiger partial charge in [-0.05, 0) is 49.1 Å². The van der Waals surface area contributed by atoms with Crippen LogP contribution in [0.5, 0.6) is 5.75 Å². The number of para-hydroxylation sites is 1. The first-order valence-electron chi connectivity index (χ1n) is 9.86. The van der Waals surface area contributed by atoms with Gasteiger partial charge in [0.15, 0.2) is 5.96 Å². The van der Waals surface area contributed by atoms with Gasteiger partial charge in [-0.15, -0.1) is 0 Å². The monoisotopic (exact) mass is 396 g/mol. The Morgan fingerprint density at radius 2 is 1.69 bits per heavy atom. The maximum Gasteiger partial charge on any atom is 0.253 e. The van der Waals surface area contributed by atoms with Crippen LogP contribution in [-0.2, 0) is 6.42 Å². The molecule has 0 aromatic heterocycles. The number of guanidine groups is 1. The first kappa shape index (κ1) is 22.3. The molecule has 2 rings (SSSR count). The highest BCUT2D eigenvalue weighted by Crippen LogP contribution is 2.21. The summed E-state index contributed by atoms with van der Waals surface area (Å²) in [5, 5.41) is 6.56. The molecule has 6 nitrogen and oxygen atoms in total. The van der Waals surface area contributed by atoms with E-state index in [4.69, 9.17) is 4.74 Å². The van der Waals surface area contributed by atoms with Crippen molar-refractivity contribution in [2.24, 2.45) is 4.99 Å². The maximum absolute atomic E-state index is 12.1. The zero-order valence-electron chi connectivity index (χ0n) is 18.1. The van der Waals surface area contributed by atoms with E-state index in [0.717, 1.165) is 41.4 Å². The SMILES string of the molecule is CN=C(NCCOc1c(C)cccc1C)NCCc1cccc(C(=O)N(C)C)c1. The molecule has 0 saturated carbocycles. The molecule has 0 radical (unpaired) electrons. The van der Waals surface area contributed by atoms with Crippen molar-refractivity contribution in [2.75, 3.05) is 40.8 Å². The predicted octanol–water partition coefficient (Wildman–Crippen LogP) is 2.79. The summed E-state index contributed by atoms with van der Waals surface area (Å²) >= 11 is 0. The van der Waals surface area contributed by atoms with Crippen molar-refractivity contribution in [1.82, 2.24) is 15.5 Å². The fourth-order valence-electron chi connectivity index (χ4n) is 3.01. The molecule has 0 aliphatic rings. The van der Waals surface area contributed by atoms with Gasteiger partial charge < -0.3 is 20.3 Å². The molecule has 0 aliphatic carbocycles. The van der Waals surface area contributed by atoms with Crippen LogP contribution in [0.3, 0.4) is 0 Å². The van der Waals surface area contributed by atoms with Gasteiger partial charge in [0.2, 0.25) is 0 Å². The van der Waals surface area contributed by atoms with Crippen LogP contribution in [0.25, 0.3) is 0 Å². The second-order valence-electron chi connectivity index (χ2n) is 7.15. The van der Waals surface area contributed by atoms with Gasteiger partial charge in [-0.1, -0.05) is 30.3 Å². The number of carbonyl (C=O) groups excluding carboxylic acids is 1. The van der Waals surface area contributed by atoms with Crippen molar-refractivity contribution in [2.45, 2.75) is 20.3 Å². The third-order valence-corrected chi connectivity index (χ3v) is 4.56. The number of nitrogens with one attached hydrogen (secondary N) is 2. The number of benzene rings is 2. The lowest BCUT2D eigenvalue weighted by atomic mass is 10.1. The molecule has 6 heteroatoms. The minimum absolute atomic E-state index is 0.0150. The molecule has 0 aliphatic heterocycles. The highest BCUT2D eigenvalue weighted by molar-refractivity contribution is 5.94. The van der Waals surface area contributed by atoms with Crippen molar-refractivity contribution in [3.8, 4) is 5.75 Å². The van der Waals surface area contributed by atoms with Crippen LogP contribution >= 0.6 is 0 Å². The van der Waals surface area contributed by atoms with Gasteiger partial charge in [0, 0.05) is 33.3 Å². The van der Waals surface area contributed by atoms with E-state index in [1.165, 1.54) is 0 Å². The molecule has 0 heterocycles. The standard InChI is InChI=1S/C23H32N4O2/c1-17-8-6-9-18(2)21(17)29-15-14-26-23(24-3)25-13-12-19-10-7-11-20(16-19)22(28)27(4)5/h6-11,16H,12-15H2,1-5H3,(H2,24,25,26). The van der Waals surface area contributed by atoms with Crippen LogP contribution in [0.15, 0.2) is 47.5 Å². The van der Waals surface area contributed by atoms with Gasteiger partial charge in [-0.25, -0.2) is 0 Å². The summed E-state index contributed by atoms with van der Waals surface area (Å²) in [6.45, 7) is 6.03. The Morgan fingerprint density at radius 1 is 1.03 bits per heavy atom. The highest BCUT2D eigenvalue weighted by Gasteiger charge is 2.08. The number of aryl methyl sites for hydroxylation is 2. The maximum atomic E-state index is 12.1. The van der Waals surface area contributed by atoms with Crippen LogP contribution in [-0.4, -0.2) is 57.6 Å². The smallest absolute Gasteiger partial charge is 0.253 e. The van der Waals surface area contributed by atoms with Crippen molar-refractivity contribution in [3.05, 3.63) is 64.7 Å². The van der Waals surface area contributed by atoms with E-state index in [9.17, 15) is 4.79 Å². The van der Waals surface area contributed by atoms with E-state index in [0.29, 0.717) is 18.7 Å². The molecule has 0 atom stereocenters. The number of nitrogens with zero attached hydrogens (tertiary/aromatic N) is 2. The largest absolute Gasteiger partial charge is 0.491 e. The van der Waals surface area contributed by atoms with Crippen LogP contribution < -0.4 is 15.4 Å². The molecule has 2 aromatic carbocycles. The fourth-order valence-corrected chi connectivity index (χ4v) is 3.01. The van der Waals surface area contributed by atoms with E-state index in [-0.39, 0.29) is 5.91 Å². The molecule has 0 bridgehead atoms. The Morgan fingerprint density at radius 3 is 2.34 bits per heavy atom. The molecular formula is C23H32N4O2. The summed E-state index contributed by atoms with van der Waals surface area (Å²) in [6.07, 6.45) is 0.800. The second kappa shape index (κ2) is 11.1. The van der Waals surface area contributed by atoms with E-state index < -0.39 is 0 Å². The molecule has 29 heavy (non-hydrogen) atoms. The highest BCUT2D eigenvalue weighted by atomic mass is 16.5. The number of rotatable bonds is 8. The van der Waals surface area contributed by atoms with Gasteiger partial charge >= 0.3 is 0 Å². The molecule has 2 aromatic rings. The summed E-state index contributed by atoms with van der Waals surface area (Å²) in [6, 6.07) is 13.9. The molecule has 0 saturated heterocycles. The topological polar surface area (TPSA) is 66.0 Å². The van der Waals surface area contributed by atoms with Crippen LogP contribution in [0.4, 0.5) is 0 Å². The normalized spacial score (nSPS) is 11.1. The second-order valence-corrected chi connectivity index (χ2v) is 7.15. The molecule has 0 unspecified atom stereocenters. The van der Waals surface area contributed by atoms with E-state index in [1.54, 1.807) is 26.0 Å². The fraction of sp³-hybridized carbons (Fsp3) is 0.391. The first-order chi connectivity index (χ1) is 13.9. The lowest BCUT2D eigenvalue weighted by Crippen LogP contribution is -2.40. The van der Waals surface area contributed by atoms with Gasteiger partial charge in [0.25, 0.3) is 5.91 Å². The van der Waals surface area contributed by atoms with Crippen LogP contribution in [0.1, 0.15) is 27.0 Å². The van der Waals surface area contributed by atoms with E-state index in [1.807, 2.05) is 30.3 Å². The summed E-state index contributed by atoms with van der Waals surface area (Å²) in [7, 11) is 5.27. The van der Waals surface area contributed by atoms with E-state index in [2.05, 4.69) is 41.6 Å². The Hall–Kier alpha value is -3.02. The molecule has 1 amide bonds. The average molecular weight is 397 g/mol. The minimum Gasteiger partial charge on any atom is -0.491 e. The zero-order chi connectivity index (χ0) is 21.2. The summed E-state index contributed by atoms with van der Waals surface area (Å²) < 4.78 is 5.91. The quantitative estimate of drug-likeness (QED) is 0.409. The van der Waals surface area contributed by atoms with Crippen molar-refractivity contribution in [3.63, 3.8) is 0 Å². The molecular weight excluding hydrogens is 364 g/mol. The van der Waals surface area contributed by atoms with Crippen LogP contribution in [0.2, 0.25) is 0 Å². The lowest BCUT2D eigenvalue weighted by molar-refractivity contribution is 0.0827.